The fourth-order valence-corrected chi connectivity index (χ4v) is 5.18. The van der Waals surface area contributed by atoms with Crippen molar-refractivity contribution in [2.75, 3.05) is 25.3 Å². The summed E-state index contributed by atoms with van der Waals surface area (Å²) in [6.45, 7) is 1.56. The van der Waals surface area contributed by atoms with Gasteiger partial charge in [0, 0.05) is 17.7 Å². The summed E-state index contributed by atoms with van der Waals surface area (Å²) < 4.78 is 55.1. The van der Waals surface area contributed by atoms with Crippen LogP contribution < -0.4 is 19.5 Å². The van der Waals surface area contributed by atoms with Gasteiger partial charge in [0.05, 0.1) is 35.1 Å². The van der Waals surface area contributed by atoms with Crippen LogP contribution in [0.1, 0.15) is 18.6 Å². The number of nitrogens with one attached hydrogen (secondary N) is 1. The molecule has 0 saturated heterocycles. The molecule has 0 bridgehead atoms. The molecule has 0 aliphatic rings. The zero-order chi connectivity index (χ0) is 25.9. The van der Waals surface area contributed by atoms with Gasteiger partial charge in [-0.3, -0.25) is 10.1 Å². The Labute approximate surface area is 211 Å². The van der Waals surface area contributed by atoms with Crippen LogP contribution >= 0.6 is 11.3 Å². The van der Waals surface area contributed by atoms with Crippen LogP contribution in [0.5, 0.6) is 17.2 Å². The number of fused-ring (bicyclic) bond motifs is 1. The maximum atomic E-state index is 13.4. The summed E-state index contributed by atoms with van der Waals surface area (Å²) in [6.07, 6.45) is -1.16. The molecule has 188 valence electrons. The number of hydrogen-bond acceptors (Lipinski definition) is 8. The van der Waals surface area contributed by atoms with E-state index in [-0.39, 0.29) is 16.4 Å². The van der Waals surface area contributed by atoms with E-state index in [9.17, 15) is 17.6 Å². The summed E-state index contributed by atoms with van der Waals surface area (Å²) in [6, 6.07) is 14.6. The number of amides is 1. The number of hydrogen-bond donors (Lipinski definition) is 1. The molecule has 1 atom stereocenters. The first-order valence-electron chi connectivity index (χ1n) is 10.8. The van der Waals surface area contributed by atoms with Gasteiger partial charge in [-0.25, -0.2) is 17.8 Å². The predicted molar refractivity (Wildman–Crippen MR) is 135 cm³/mol. The zero-order valence-corrected chi connectivity index (χ0v) is 21.3. The predicted octanol–water partition coefficient (Wildman–Crippen LogP) is 5.01. The monoisotopic (exact) mass is 530 g/mol. The van der Waals surface area contributed by atoms with Crippen LogP contribution in [0.4, 0.5) is 9.52 Å². The number of aromatic nitrogens is 1. The Bertz CT molecular complexity index is 1440. The van der Waals surface area contributed by atoms with Gasteiger partial charge < -0.3 is 14.2 Å². The number of carbonyl (C=O) groups is 1. The molecule has 0 aliphatic heterocycles. The average molecular weight is 531 g/mol. The molecule has 1 unspecified atom stereocenters. The minimum Gasteiger partial charge on any atom is -0.493 e. The fraction of sp³-hybridized carbons (Fsp3) is 0.200. The van der Waals surface area contributed by atoms with Crippen molar-refractivity contribution in [2.24, 2.45) is 0 Å². The first kappa shape index (κ1) is 25.4. The second kappa shape index (κ2) is 10.5. The van der Waals surface area contributed by atoms with E-state index in [4.69, 9.17) is 14.2 Å². The molecule has 0 aliphatic carbocycles. The lowest BCUT2D eigenvalue weighted by Crippen LogP contribution is -2.25. The minimum atomic E-state index is -3.41. The first-order chi connectivity index (χ1) is 17.2. The molecule has 3 aromatic carbocycles. The highest BCUT2D eigenvalue weighted by Crippen LogP contribution is 2.36. The smallest absolute Gasteiger partial charge is 0.271 e. The van der Waals surface area contributed by atoms with Crippen molar-refractivity contribution in [1.29, 1.82) is 0 Å². The molecule has 8 nitrogen and oxygen atoms in total. The molecule has 4 aromatic rings. The van der Waals surface area contributed by atoms with Crippen molar-refractivity contribution >= 4 is 42.4 Å². The number of halogens is 1. The van der Waals surface area contributed by atoms with Gasteiger partial charge in [0.25, 0.3) is 5.91 Å². The van der Waals surface area contributed by atoms with Crippen LogP contribution in [0.15, 0.2) is 65.6 Å². The van der Waals surface area contributed by atoms with Gasteiger partial charge in [-0.05, 0) is 36.4 Å². The molecule has 4 rings (SSSR count). The number of ether oxygens (including phenoxy) is 3. The van der Waals surface area contributed by atoms with Gasteiger partial charge in [-0.15, -0.1) is 0 Å². The highest BCUT2D eigenvalue weighted by atomic mass is 32.2. The number of benzene rings is 3. The summed E-state index contributed by atoms with van der Waals surface area (Å²) >= 11 is 1.24. The lowest BCUT2D eigenvalue weighted by molar-refractivity contribution is -0.123. The number of sulfone groups is 1. The summed E-state index contributed by atoms with van der Waals surface area (Å²) in [5, 5.41) is 3.08. The first-order valence-corrected chi connectivity index (χ1v) is 13.3. The quantitative estimate of drug-likeness (QED) is 0.325. The van der Waals surface area contributed by atoms with Crippen molar-refractivity contribution in [1.82, 2.24) is 4.98 Å². The molecular weight excluding hydrogens is 507 g/mol. The Morgan fingerprint density at radius 1 is 1.03 bits per heavy atom. The van der Waals surface area contributed by atoms with Gasteiger partial charge in [-0.2, -0.15) is 0 Å². The molecule has 0 radical (unpaired) electrons. The number of carbonyl (C=O) groups excluding carboxylic acids is 1. The summed E-state index contributed by atoms with van der Waals surface area (Å²) in [5.41, 5.74) is 1.02. The number of methoxy groups -OCH3 is 2. The van der Waals surface area contributed by atoms with Crippen LogP contribution in [-0.4, -0.2) is 39.3 Å². The molecule has 0 fully saturated rings. The molecular formula is C25H23FN2O6S2. The second-order valence-electron chi connectivity index (χ2n) is 7.61. The van der Waals surface area contributed by atoms with Crippen LogP contribution in [0, 0.1) is 5.82 Å². The van der Waals surface area contributed by atoms with E-state index in [0.29, 0.717) is 27.7 Å². The number of anilines is 1. The summed E-state index contributed by atoms with van der Waals surface area (Å²) in [7, 11) is -0.361. The Hall–Kier alpha value is -3.70. The standard InChI is InChI=1S/C25H23FN2O6S2/c1-4-36(30,31)18-11-5-15(6-12-18)23(34-17-9-7-16(26)8-10-17)24(29)28-25-27-19-13-20(32-2)21(33-3)14-22(19)35-25/h5-14,23H,4H2,1-3H3,(H,27,28,29). The van der Waals surface area contributed by atoms with Gasteiger partial charge in [0.1, 0.15) is 11.6 Å². The van der Waals surface area contributed by atoms with Crippen LogP contribution in [-0.2, 0) is 14.6 Å². The van der Waals surface area contributed by atoms with E-state index >= 15 is 0 Å². The lowest BCUT2D eigenvalue weighted by atomic mass is 10.1. The van der Waals surface area contributed by atoms with Crippen LogP contribution in [0.2, 0.25) is 0 Å². The summed E-state index contributed by atoms with van der Waals surface area (Å²) in [5.74, 6) is 0.274. The van der Waals surface area contributed by atoms with Gasteiger partial charge in [0.15, 0.2) is 26.5 Å². The Balaban J connectivity index is 1.65. The van der Waals surface area contributed by atoms with E-state index in [2.05, 4.69) is 10.3 Å². The summed E-state index contributed by atoms with van der Waals surface area (Å²) in [4.78, 5) is 17.9. The molecule has 36 heavy (non-hydrogen) atoms. The van der Waals surface area contributed by atoms with Crippen molar-refractivity contribution in [3.8, 4) is 17.2 Å². The lowest BCUT2D eigenvalue weighted by Gasteiger charge is -2.19. The molecule has 0 saturated carbocycles. The van der Waals surface area contributed by atoms with E-state index in [1.54, 1.807) is 19.1 Å². The Morgan fingerprint density at radius 3 is 2.28 bits per heavy atom. The van der Waals surface area contributed by atoms with Gasteiger partial charge in [-0.1, -0.05) is 30.4 Å². The fourth-order valence-electron chi connectivity index (χ4n) is 3.42. The Kier molecular flexibility index (Phi) is 7.41. The normalized spacial score (nSPS) is 12.2. The topological polar surface area (TPSA) is 104 Å². The molecule has 1 aromatic heterocycles. The number of thiazole rings is 1. The van der Waals surface area contributed by atoms with E-state index < -0.39 is 27.7 Å². The van der Waals surface area contributed by atoms with E-state index in [0.717, 1.165) is 4.70 Å². The minimum absolute atomic E-state index is 0.0461. The second-order valence-corrected chi connectivity index (χ2v) is 10.9. The van der Waals surface area contributed by atoms with Crippen molar-refractivity contribution < 1.29 is 31.8 Å². The van der Waals surface area contributed by atoms with Gasteiger partial charge >= 0.3 is 0 Å². The Morgan fingerprint density at radius 2 is 1.67 bits per heavy atom. The van der Waals surface area contributed by atoms with Crippen molar-refractivity contribution in [3.63, 3.8) is 0 Å². The van der Waals surface area contributed by atoms with Crippen LogP contribution in [0.25, 0.3) is 10.2 Å². The van der Waals surface area contributed by atoms with Crippen molar-refractivity contribution in [3.05, 3.63) is 72.0 Å². The SMILES string of the molecule is CCS(=O)(=O)c1ccc(C(Oc2ccc(F)cc2)C(=O)Nc2nc3cc(OC)c(OC)cc3s2)cc1. The molecule has 1 amide bonds. The average Bonchev–Trinajstić information content (AvgIpc) is 3.28. The number of rotatable bonds is 9. The van der Waals surface area contributed by atoms with Crippen molar-refractivity contribution in [2.45, 2.75) is 17.9 Å². The third-order valence-corrected chi connectivity index (χ3v) is 8.04. The van der Waals surface area contributed by atoms with E-state index in [1.165, 1.54) is 74.1 Å². The number of nitrogens with zero attached hydrogens (tertiary/aromatic N) is 1. The van der Waals surface area contributed by atoms with E-state index in [1.807, 2.05) is 0 Å². The largest absolute Gasteiger partial charge is 0.493 e. The highest BCUT2D eigenvalue weighted by molar-refractivity contribution is 7.91. The molecule has 1 heterocycles. The molecule has 1 N–H and O–H groups in total. The van der Waals surface area contributed by atoms with Gasteiger partial charge in [0.2, 0.25) is 6.10 Å². The maximum Gasteiger partial charge on any atom is 0.271 e. The highest BCUT2D eigenvalue weighted by Gasteiger charge is 2.25. The molecule has 11 heteroatoms. The van der Waals surface area contributed by atoms with Crippen LogP contribution in [0.3, 0.4) is 0 Å². The maximum absolute atomic E-state index is 13.4. The zero-order valence-electron chi connectivity index (χ0n) is 19.6. The third-order valence-electron chi connectivity index (χ3n) is 5.35. The third kappa shape index (κ3) is 5.42. The molecule has 0 spiro atoms.